The molecule has 2 rings (SSSR count). The lowest BCUT2D eigenvalue weighted by Gasteiger charge is -2.42. The Balaban J connectivity index is 2.00. The number of piperazine rings is 1. The van der Waals surface area contributed by atoms with Crippen molar-refractivity contribution >= 4 is 17.9 Å². The number of aliphatic carboxylic acids is 1. The van der Waals surface area contributed by atoms with Crippen LogP contribution in [0.25, 0.3) is 0 Å². The van der Waals surface area contributed by atoms with Crippen molar-refractivity contribution in [3.63, 3.8) is 0 Å². The molecule has 0 aliphatic carbocycles. The van der Waals surface area contributed by atoms with Crippen LogP contribution in [0.15, 0.2) is 0 Å². The molecule has 0 radical (unpaired) electrons. The molecule has 0 spiro atoms. The minimum Gasteiger partial charge on any atom is -0.481 e. The summed E-state index contributed by atoms with van der Waals surface area (Å²) >= 11 is 0. The van der Waals surface area contributed by atoms with Crippen molar-refractivity contribution < 1.29 is 19.5 Å². The maximum atomic E-state index is 12.5. The number of amides is 3. The van der Waals surface area contributed by atoms with E-state index >= 15 is 0 Å². The zero-order chi connectivity index (χ0) is 15.6. The molecule has 2 N–H and O–H groups in total. The molecular formula is C14H23N3O4. The van der Waals surface area contributed by atoms with E-state index in [2.05, 4.69) is 5.32 Å². The Morgan fingerprint density at radius 1 is 1.33 bits per heavy atom. The summed E-state index contributed by atoms with van der Waals surface area (Å²) in [6, 6.07) is -0.629. The molecule has 0 bridgehead atoms. The van der Waals surface area contributed by atoms with Crippen LogP contribution >= 0.6 is 0 Å². The van der Waals surface area contributed by atoms with Crippen molar-refractivity contribution in [3.8, 4) is 0 Å². The average molecular weight is 297 g/mol. The normalized spacial score (nSPS) is 25.4. The molecule has 2 heterocycles. The molecule has 0 saturated carbocycles. The van der Waals surface area contributed by atoms with Crippen molar-refractivity contribution in [1.82, 2.24) is 15.1 Å². The van der Waals surface area contributed by atoms with Gasteiger partial charge in [-0.15, -0.1) is 0 Å². The van der Waals surface area contributed by atoms with Gasteiger partial charge in [-0.25, -0.2) is 4.79 Å². The SMILES string of the molecule is CCC1(C(=O)O)CCN(C(=O)N2CCNC(=O)C2C)CC1. The zero-order valence-corrected chi connectivity index (χ0v) is 12.6. The highest BCUT2D eigenvalue weighted by atomic mass is 16.4. The van der Waals surface area contributed by atoms with Crippen LogP contribution < -0.4 is 5.32 Å². The number of nitrogens with zero attached hydrogens (tertiary/aromatic N) is 2. The number of urea groups is 1. The van der Waals surface area contributed by atoms with Gasteiger partial charge in [-0.2, -0.15) is 0 Å². The van der Waals surface area contributed by atoms with E-state index in [1.54, 1.807) is 16.7 Å². The van der Waals surface area contributed by atoms with Gasteiger partial charge in [-0.3, -0.25) is 9.59 Å². The van der Waals surface area contributed by atoms with E-state index in [4.69, 9.17) is 0 Å². The number of carboxylic acids is 1. The third-order valence-electron chi connectivity index (χ3n) is 4.87. The number of nitrogens with one attached hydrogen (secondary N) is 1. The summed E-state index contributed by atoms with van der Waals surface area (Å²) in [4.78, 5) is 38.8. The third-order valence-corrected chi connectivity index (χ3v) is 4.87. The molecule has 1 atom stereocenters. The Morgan fingerprint density at radius 2 is 1.95 bits per heavy atom. The highest BCUT2D eigenvalue weighted by molar-refractivity contribution is 5.88. The van der Waals surface area contributed by atoms with Crippen LogP contribution in [0.5, 0.6) is 0 Å². The second-order valence-electron chi connectivity index (χ2n) is 5.87. The second kappa shape index (κ2) is 5.91. The van der Waals surface area contributed by atoms with Crippen molar-refractivity contribution in [2.24, 2.45) is 5.41 Å². The summed E-state index contributed by atoms with van der Waals surface area (Å²) in [5.41, 5.74) is -0.707. The molecule has 2 aliphatic heterocycles. The number of hydrogen-bond acceptors (Lipinski definition) is 3. The fourth-order valence-electron chi connectivity index (χ4n) is 3.07. The highest BCUT2D eigenvalue weighted by Gasteiger charge is 2.42. The Hall–Kier alpha value is -1.79. The van der Waals surface area contributed by atoms with Crippen molar-refractivity contribution in [3.05, 3.63) is 0 Å². The molecule has 7 nitrogen and oxygen atoms in total. The predicted molar refractivity (Wildman–Crippen MR) is 75.7 cm³/mol. The quantitative estimate of drug-likeness (QED) is 0.777. The van der Waals surface area contributed by atoms with Crippen LogP contribution in [0.1, 0.15) is 33.1 Å². The van der Waals surface area contributed by atoms with Gasteiger partial charge in [0.15, 0.2) is 0 Å². The van der Waals surface area contributed by atoms with Crippen LogP contribution in [-0.4, -0.2) is 65.0 Å². The van der Waals surface area contributed by atoms with Crippen LogP contribution in [0.3, 0.4) is 0 Å². The Kier molecular flexibility index (Phi) is 4.39. The first-order valence-corrected chi connectivity index (χ1v) is 7.48. The van der Waals surface area contributed by atoms with Crippen LogP contribution in [-0.2, 0) is 9.59 Å². The van der Waals surface area contributed by atoms with Gasteiger partial charge < -0.3 is 20.2 Å². The summed E-state index contributed by atoms with van der Waals surface area (Å²) in [5.74, 6) is -0.914. The molecule has 0 aromatic rings. The topological polar surface area (TPSA) is 89.9 Å². The van der Waals surface area contributed by atoms with Gasteiger partial charge in [-0.05, 0) is 26.2 Å². The number of rotatable bonds is 2. The van der Waals surface area contributed by atoms with Crippen LogP contribution in [0.2, 0.25) is 0 Å². The monoisotopic (exact) mass is 297 g/mol. The fraction of sp³-hybridized carbons (Fsp3) is 0.786. The summed E-state index contributed by atoms with van der Waals surface area (Å²) in [5, 5.41) is 12.1. The van der Waals surface area contributed by atoms with Gasteiger partial charge in [0.25, 0.3) is 0 Å². The summed E-state index contributed by atoms with van der Waals surface area (Å²) < 4.78 is 0. The van der Waals surface area contributed by atoms with Crippen molar-refractivity contribution in [2.45, 2.75) is 39.2 Å². The summed E-state index contributed by atoms with van der Waals surface area (Å²) in [6.07, 6.45) is 1.52. The lowest BCUT2D eigenvalue weighted by atomic mass is 9.76. The number of carboxylic acid groups (broad SMARTS) is 1. The number of carbonyl (C=O) groups excluding carboxylic acids is 2. The number of likely N-dealkylation sites (tertiary alicyclic amines) is 1. The molecular weight excluding hydrogens is 274 g/mol. The number of hydrogen-bond donors (Lipinski definition) is 2. The minimum atomic E-state index is -0.775. The van der Waals surface area contributed by atoms with Crippen molar-refractivity contribution in [1.29, 1.82) is 0 Å². The van der Waals surface area contributed by atoms with Gasteiger partial charge in [0.1, 0.15) is 6.04 Å². The molecule has 2 fully saturated rings. The average Bonchev–Trinajstić information content (AvgIpc) is 2.49. The van der Waals surface area contributed by atoms with Gasteiger partial charge in [0, 0.05) is 26.2 Å². The van der Waals surface area contributed by atoms with E-state index in [-0.39, 0.29) is 11.9 Å². The Bertz CT molecular complexity index is 444. The van der Waals surface area contributed by atoms with E-state index in [0.29, 0.717) is 45.4 Å². The van der Waals surface area contributed by atoms with Gasteiger partial charge in [0.2, 0.25) is 5.91 Å². The first kappa shape index (κ1) is 15.6. The molecule has 3 amide bonds. The van der Waals surface area contributed by atoms with Gasteiger partial charge in [-0.1, -0.05) is 6.92 Å². The first-order valence-electron chi connectivity index (χ1n) is 7.48. The molecule has 21 heavy (non-hydrogen) atoms. The molecule has 0 aromatic carbocycles. The van der Waals surface area contributed by atoms with E-state index in [1.165, 1.54) is 0 Å². The maximum absolute atomic E-state index is 12.5. The van der Waals surface area contributed by atoms with E-state index in [1.807, 2.05) is 6.92 Å². The molecule has 2 aliphatic rings. The first-order chi connectivity index (χ1) is 9.91. The fourth-order valence-corrected chi connectivity index (χ4v) is 3.07. The van der Waals surface area contributed by atoms with Gasteiger partial charge >= 0.3 is 12.0 Å². The Morgan fingerprint density at radius 3 is 2.48 bits per heavy atom. The maximum Gasteiger partial charge on any atom is 0.320 e. The number of piperidine rings is 1. The summed E-state index contributed by atoms with van der Waals surface area (Å²) in [7, 11) is 0. The summed E-state index contributed by atoms with van der Waals surface area (Å²) in [6.45, 7) is 5.43. The lowest BCUT2D eigenvalue weighted by Crippen LogP contribution is -2.60. The van der Waals surface area contributed by atoms with Crippen molar-refractivity contribution in [2.75, 3.05) is 26.2 Å². The van der Waals surface area contributed by atoms with E-state index in [9.17, 15) is 19.5 Å². The minimum absolute atomic E-state index is 0.139. The number of carbonyl (C=O) groups is 3. The molecule has 7 heteroatoms. The highest BCUT2D eigenvalue weighted by Crippen LogP contribution is 2.35. The largest absolute Gasteiger partial charge is 0.481 e. The molecule has 2 saturated heterocycles. The van der Waals surface area contributed by atoms with Gasteiger partial charge in [0.05, 0.1) is 5.41 Å². The molecule has 1 unspecified atom stereocenters. The lowest BCUT2D eigenvalue weighted by molar-refractivity contribution is -0.152. The molecule has 118 valence electrons. The predicted octanol–water partition coefficient (Wildman–Crippen LogP) is 0.504. The molecule has 0 aromatic heterocycles. The van der Waals surface area contributed by atoms with Crippen LogP contribution in [0.4, 0.5) is 4.79 Å². The third kappa shape index (κ3) is 2.82. The van der Waals surface area contributed by atoms with Crippen LogP contribution in [0, 0.1) is 5.41 Å². The van der Waals surface area contributed by atoms with E-state index < -0.39 is 17.4 Å². The second-order valence-corrected chi connectivity index (χ2v) is 5.87. The van der Waals surface area contributed by atoms with E-state index in [0.717, 1.165) is 0 Å². The zero-order valence-electron chi connectivity index (χ0n) is 12.6. The smallest absolute Gasteiger partial charge is 0.320 e. The standard InChI is InChI=1S/C14H23N3O4/c1-3-14(12(19)20)4-7-16(8-5-14)13(21)17-9-6-15-11(18)10(17)2/h10H,3-9H2,1-2H3,(H,15,18)(H,19,20). The Labute approximate surface area is 124 Å².